The zero-order valence-electron chi connectivity index (χ0n) is 19.6. The molecule has 2 unspecified atom stereocenters. The summed E-state index contributed by atoms with van der Waals surface area (Å²) < 4.78 is 4.72. The van der Waals surface area contributed by atoms with E-state index in [1.165, 1.54) is 0 Å². The van der Waals surface area contributed by atoms with Gasteiger partial charge in [-0.1, -0.05) is 36.4 Å². The number of pyridine rings is 1. The number of nitrogens with zero attached hydrogens (tertiary/aromatic N) is 2. The minimum Gasteiger partial charge on any atom is -0.434 e. The maximum atomic E-state index is 13.8. The molecule has 0 saturated carbocycles. The number of hydrogen-bond acceptors (Lipinski definition) is 7. The van der Waals surface area contributed by atoms with Crippen LogP contribution in [0.4, 0.5) is 0 Å². The Labute approximate surface area is 207 Å². The number of esters is 1. The predicted molar refractivity (Wildman–Crippen MR) is 128 cm³/mol. The Morgan fingerprint density at radius 2 is 1.86 bits per heavy atom. The molecule has 2 saturated heterocycles. The minimum atomic E-state index is -1.41. The van der Waals surface area contributed by atoms with Crippen molar-refractivity contribution in [2.75, 3.05) is 0 Å². The molecular weight excluding hydrogens is 464 g/mol. The molecule has 3 aliphatic heterocycles. The topological polar surface area (TPSA) is 138 Å². The summed E-state index contributed by atoms with van der Waals surface area (Å²) in [5.41, 5.74) is 0.233. The Balaban J connectivity index is 1.37. The van der Waals surface area contributed by atoms with E-state index in [0.29, 0.717) is 18.2 Å². The zero-order chi connectivity index (χ0) is 25.2. The van der Waals surface area contributed by atoms with E-state index in [9.17, 15) is 24.3 Å². The van der Waals surface area contributed by atoms with Crippen LogP contribution in [0.2, 0.25) is 0 Å². The second-order valence-corrected chi connectivity index (χ2v) is 9.40. The third-order valence-electron chi connectivity index (χ3n) is 7.05. The maximum Gasteiger partial charge on any atom is 0.310 e. The molecule has 4 heterocycles. The van der Waals surface area contributed by atoms with Crippen LogP contribution in [0.25, 0.3) is 10.8 Å². The lowest BCUT2D eigenvalue weighted by atomic mass is 9.90. The standard InChI is InChI=1S/C26H28N4O6/c31-21-14-19(26(35)36-21)29-23(32)20-11-5-8-16-7-2-4-10-18(25(34)30(16)20)28-24(33)22-17-9-3-1-6-15(17)12-13-27-22/h1-4,6,9,12-13,16,18-20,26,35H,5,7-8,10-11,14H2,(H,28,33)(H,29,32)/t16-,18-,19?,20-,26?/m0/s1. The molecule has 0 aliphatic carbocycles. The van der Waals surface area contributed by atoms with Gasteiger partial charge < -0.3 is 25.4 Å². The molecule has 3 amide bonds. The summed E-state index contributed by atoms with van der Waals surface area (Å²) in [5, 5.41) is 17.0. The molecule has 10 nitrogen and oxygen atoms in total. The van der Waals surface area contributed by atoms with Gasteiger partial charge in [-0.25, -0.2) is 0 Å². The SMILES string of the molecule is O=C1CC(NC(=O)[C@@H]2CCC[C@@H]3CC=CC[C@H](NC(=O)c4nccc5ccccc45)C(=O)N32)C(O)O1. The number of nitrogens with one attached hydrogen (secondary N) is 2. The largest absolute Gasteiger partial charge is 0.434 e. The highest BCUT2D eigenvalue weighted by Gasteiger charge is 2.43. The number of ether oxygens (including phenoxy) is 1. The summed E-state index contributed by atoms with van der Waals surface area (Å²) in [6, 6.07) is 6.52. The Hall–Kier alpha value is -3.79. The van der Waals surface area contributed by atoms with E-state index in [1.807, 2.05) is 42.5 Å². The van der Waals surface area contributed by atoms with Crippen molar-refractivity contribution in [1.29, 1.82) is 0 Å². The first-order valence-electron chi connectivity index (χ1n) is 12.2. The molecule has 3 N–H and O–H groups in total. The molecule has 5 atom stereocenters. The Kier molecular flexibility index (Phi) is 6.69. The number of carbonyl (C=O) groups is 4. The number of rotatable bonds is 4. The highest BCUT2D eigenvalue weighted by atomic mass is 16.6. The zero-order valence-corrected chi connectivity index (χ0v) is 19.6. The van der Waals surface area contributed by atoms with Crippen LogP contribution in [0.15, 0.2) is 48.7 Å². The molecule has 2 fully saturated rings. The normalized spacial score (nSPS) is 28.1. The number of cyclic esters (lactones) is 1. The van der Waals surface area contributed by atoms with Gasteiger partial charge in [0.05, 0.1) is 6.42 Å². The fourth-order valence-corrected chi connectivity index (χ4v) is 5.26. The number of aromatic nitrogens is 1. The van der Waals surface area contributed by atoms with Gasteiger partial charge in [0.15, 0.2) is 0 Å². The Morgan fingerprint density at radius 1 is 1.06 bits per heavy atom. The monoisotopic (exact) mass is 492 g/mol. The number of aliphatic hydroxyl groups excluding tert-OH is 1. The van der Waals surface area contributed by atoms with Gasteiger partial charge in [-0.05, 0) is 43.6 Å². The minimum absolute atomic E-state index is 0.129. The van der Waals surface area contributed by atoms with Gasteiger partial charge in [0.1, 0.15) is 23.8 Å². The average molecular weight is 493 g/mol. The van der Waals surface area contributed by atoms with Crippen LogP contribution < -0.4 is 10.6 Å². The number of carbonyl (C=O) groups excluding carboxylic acids is 4. The number of amides is 3. The van der Waals surface area contributed by atoms with Crippen LogP contribution in [-0.4, -0.2) is 69.1 Å². The lowest BCUT2D eigenvalue weighted by molar-refractivity contribution is -0.156. The molecule has 0 radical (unpaired) electrons. The number of hydrogen-bond donors (Lipinski definition) is 3. The molecule has 36 heavy (non-hydrogen) atoms. The highest BCUT2D eigenvalue weighted by Crippen LogP contribution is 2.29. The van der Waals surface area contributed by atoms with E-state index in [1.54, 1.807) is 11.1 Å². The molecular formula is C26H28N4O6. The van der Waals surface area contributed by atoms with E-state index >= 15 is 0 Å². The van der Waals surface area contributed by atoms with Gasteiger partial charge in [0.25, 0.3) is 5.91 Å². The fourth-order valence-electron chi connectivity index (χ4n) is 5.26. The molecule has 0 spiro atoms. The maximum absolute atomic E-state index is 13.8. The van der Waals surface area contributed by atoms with Crippen molar-refractivity contribution >= 4 is 34.5 Å². The van der Waals surface area contributed by atoms with E-state index in [0.717, 1.165) is 18.2 Å². The smallest absolute Gasteiger partial charge is 0.310 e. The third-order valence-corrected chi connectivity index (χ3v) is 7.05. The molecule has 2 aromatic rings. The van der Waals surface area contributed by atoms with Crippen molar-refractivity contribution in [3.63, 3.8) is 0 Å². The van der Waals surface area contributed by atoms with Crippen LogP contribution in [0, 0.1) is 0 Å². The first kappa shape index (κ1) is 23.9. The van der Waals surface area contributed by atoms with Crippen molar-refractivity contribution < 1.29 is 29.0 Å². The molecule has 3 aliphatic rings. The molecule has 188 valence electrons. The molecule has 0 bridgehead atoms. The van der Waals surface area contributed by atoms with Crippen molar-refractivity contribution in [2.24, 2.45) is 0 Å². The molecule has 1 aromatic heterocycles. The predicted octanol–water partition coefficient (Wildman–Crippen LogP) is 1.18. The number of fused-ring (bicyclic) bond motifs is 2. The summed E-state index contributed by atoms with van der Waals surface area (Å²) >= 11 is 0. The van der Waals surface area contributed by atoms with Crippen molar-refractivity contribution in [2.45, 2.75) is 69.0 Å². The van der Waals surface area contributed by atoms with Crippen LogP contribution in [-0.2, 0) is 19.1 Å². The third kappa shape index (κ3) is 4.68. The number of piperidine rings is 1. The van der Waals surface area contributed by atoms with E-state index < -0.39 is 42.2 Å². The second-order valence-electron chi connectivity index (χ2n) is 9.40. The summed E-state index contributed by atoms with van der Waals surface area (Å²) in [4.78, 5) is 57.5. The second kappa shape index (κ2) is 10.1. The number of benzene rings is 1. The average Bonchev–Trinajstić information content (AvgIpc) is 3.19. The van der Waals surface area contributed by atoms with Gasteiger partial charge in [-0.2, -0.15) is 0 Å². The van der Waals surface area contributed by atoms with Gasteiger partial charge >= 0.3 is 5.97 Å². The van der Waals surface area contributed by atoms with E-state index in [4.69, 9.17) is 4.74 Å². The van der Waals surface area contributed by atoms with Crippen LogP contribution in [0.1, 0.15) is 49.0 Å². The molecule has 10 heteroatoms. The summed E-state index contributed by atoms with van der Waals surface area (Å²) in [6.45, 7) is 0. The fraction of sp³-hybridized carbons (Fsp3) is 0.423. The lowest BCUT2D eigenvalue weighted by Gasteiger charge is -2.43. The van der Waals surface area contributed by atoms with Crippen molar-refractivity contribution in [3.8, 4) is 0 Å². The van der Waals surface area contributed by atoms with Gasteiger partial charge in [-0.15, -0.1) is 0 Å². The summed E-state index contributed by atoms with van der Waals surface area (Å²) in [6.07, 6.45) is 6.71. The van der Waals surface area contributed by atoms with E-state index in [2.05, 4.69) is 15.6 Å². The number of aliphatic hydroxyl groups is 1. The lowest BCUT2D eigenvalue weighted by Crippen LogP contribution is -2.62. The van der Waals surface area contributed by atoms with Crippen LogP contribution >= 0.6 is 0 Å². The summed E-state index contributed by atoms with van der Waals surface area (Å²) in [5.74, 6) is -1.83. The van der Waals surface area contributed by atoms with Gasteiger partial charge in [0, 0.05) is 17.6 Å². The van der Waals surface area contributed by atoms with Gasteiger partial charge in [0.2, 0.25) is 18.1 Å². The molecule has 5 rings (SSSR count). The molecule has 1 aromatic carbocycles. The quantitative estimate of drug-likeness (QED) is 0.430. The van der Waals surface area contributed by atoms with Gasteiger partial charge in [-0.3, -0.25) is 24.2 Å². The summed E-state index contributed by atoms with van der Waals surface area (Å²) in [7, 11) is 0. The highest BCUT2D eigenvalue weighted by molar-refractivity contribution is 6.06. The van der Waals surface area contributed by atoms with Crippen LogP contribution in [0.3, 0.4) is 0 Å². The Morgan fingerprint density at radius 3 is 2.67 bits per heavy atom. The van der Waals surface area contributed by atoms with E-state index in [-0.39, 0.29) is 30.5 Å². The van der Waals surface area contributed by atoms with Crippen molar-refractivity contribution in [3.05, 3.63) is 54.4 Å². The Bertz CT molecular complexity index is 1220. The first-order chi connectivity index (χ1) is 17.4. The van der Waals surface area contributed by atoms with Crippen molar-refractivity contribution in [1.82, 2.24) is 20.5 Å². The van der Waals surface area contributed by atoms with Crippen LogP contribution in [0.5, 0.6) is 0 Å². The first-order valence-corrected chi connectivity index (χ1v) is 12.2.